The van der Waals surface area contributed by atoms with Crippen molar-refractivity contribution in [1.82, 2.24) is 0 Å². The number of unbranched alkanes of at least 4 members (excludes halogenated alkanes) is 2. The molecule has 0 saturated heterocycles. The zero-order valence-electron chi connectivity index (χ0n) is 21.5. The van der Waals surface area contributed by atoms with Gasteiger partial charge in [0.05, 0.1) is 13.2 Å². The molecule has 1 atom stereocenters. The summed E-state index contributed by atoms with van der Waals surface area (Å²) in [6.07, 6.45) is 9.65. The van der Waals surface area contributed by atoms with Gasteiger partial charge in [0.2, 0.25) is 0 Å². The van der Waals surface area contributed by atoms with Crippen LogP contribution in [0.2, 0.25) is 0 Å². The van der Waals surface area contributed by atoms with Crippen LogP contribution in [-0.2, 0) is 31.9 Å². The fourth-order valence-corrected chi connectivity index (χ4v) is 2.59. The van der Waals surface area contributed by atoms with E-state index in [2.05, 4.69) is 38.8 Å². The van der Waals surface area contributed by atoms with Gasteiger partial charge in [-0.3, -0.25) is 22.7 Å². The van der Waals surface area contributed by atoms with Gasteiger partial charge in [0.1, 0.15) is 0 Å². The highest BCUT2D eigenvalue weighted by Gasteiger charge is 2.14. The van der Waals surface area contributed by atoms with Crippen LogP contribution >= 0.6 is 42.8 Å². The van der Waals surface area contributed by atoms with E-state index in [-0.39, 0.29) is 42.8 Å². The molecule has 12 heteroatoms. The first-order valence-electron chi connectivity index (χ1n) is 10.9. The third-order valence-corrected chi connectivity index (χ3v) is 4.57. The summed E-state index contributed by atoms with van der Waals surface area (Å²) in [5.74, 6) is 0.645. The Hall–Kier alpha value is 0.160. The normalized spacial score (nSPS) is 11.1. The van der Waals surface area contributed by atoms with E-state index in [1.54, 1.807) is 6.66 Å². The molecule has 196 valence electrons. The van der Waals surface area contributed by atoms with Gasteiger partial charge in [-0.1, -0.05) is 47.6 Å². The molecule has 0 radical (unpaired) electrons. The van der Waals surface area contributed by atoms with Crippen LogP contribution in [0.4, 0.5) is 0 Å². The Kier molecular flexibility index (Phi) is 55.5. The summed E-state index contributed by atoms with van der Waals surface area (Å²) in [4.78, 5) is 0. The summed E-state index contributed by atoms with van der Waals surface area (Å²) in [5.41, 5.74) is 0.384. The lowest BCUT2D eigenvalue weighted by molar-refractivity contribution is 0.251. The van der Waals surface area contributed by atoms with E-state index in [1.807, 2.05) is 19.9 Å². The first kappa shape index (κ1) is 43.2. The Labute approximate surface area is 210 Å². The van der Waals surface area contributed by atoms with Crippen LogP contribution in [0.15, 0.2) is 12.7 Å². The highest BCUT2D eigenvalue weighted by Crippen LogP contribution is 2.25. The van der Waals surface area contributed by atoms with E-state index in [0.29, 0.717) is 24.5 Å². The molecule has 0 heterocycles. The van der Waals surface area contributed by atoms with Crippen molar-refractivity contribution in [3.63, 3.8) is 0 Å². The third-order valence-electron chi connectivity index (χ3n) is 3.11. The first-order chi connectivity index (χ1) is 15.6. The number of rotatable bonds is 14. The van der Waals surface area contributed by atoms with Crippen molar-refractivity contribution in [3.05, 3.63) is 12.7 Å². The fourth-order valence-electron chi connectivity index (χ4n) is 2.02. The molecule has 0 amide bonds. The highest BCUT2D eigenvalue weighted by molar-refractivity contribution is 7.23. The van der Waals surface area contributed by atoms with Crippen molar-refractivity contribution in [1.29, 1.82) is 0 Å². The molecule has 0 aromatic carbocycles. The maximum absolute atomic E-state index is 9.95. The topological polar surface area (TPSA) is 104 Å². The minimum absolute atomic E-state index is 0.167. The largest absolute Gasteiger partial charge is 0.327 e. The lowest BCUT2D eigenvalue weighted by atomic mass is 9.84. The molecule has 0 rings (SSSR count). The molecular formula is C21H45O7P5. The van der Waals surface area contributed by atoms with E-state index in [0.717, 1.165) is 44.4 Å². The van der Waals surface area contributed by atoms with Gasteiger partial charge in [0, 0.05) is 19.0 Å². The van der Waals surface area contributed by atoms with Crippen molar-refractivity contribution in [2.24, 2.45) is 11.3 Å². The summed E-state index contributed by atoms with van der Waals surface area (Å²) >= 11 is 0. The monoisotopic (exact) mass is 564 g/mol. The molecular weight excluding hydrogens is 519 g/mol. The second kappa shape index (κ2) is 42.3. The lowest BCUT2D eigenvalue weighted by Crippen LogP contribution is -2.11. The van der Waals surface area contributed by atoms with Crippen molar-refractivity contribution in [3.8, 4) is 0 Å². The minimum Gasteiger partial charge on any atom is -0.294 e. The summed E-state index contributed by atoms with van der Waals surface area (Å²) in [5, 5.41) is 0. The smallest absolute Gasteiger partial charge is 0.294 e. The van der Waals surface area contributed by atoms with E-state index in [9.17, 15) is 18.3 Å². The highest BCUT2D eigenvalue weighted by atomic mass is 31.1. The Balaban J connectivity index is -0.000000109. The van der Waals surface area contributed by atoms with Gasteiger partial charge in [0.15, 0.2) is 25.4 Å². The first-order valence-corrected chi connectivity index (χ1v) is 15.6. The van der Waals surface area contributed by atoms with Crippen LogP contribution in [-0.4, -0.2) is 32.2 Å². The fraction of sp³-hybridized carbons (Fsp3) is 0.905. The number of hydrogen-bond donors (Lipinski definition) is 0. The third kappa shape index (κ3) is 79.7. The van der Waals surface area contributed by atoms with Gasteiger partial charge >= 0.3 is 17.4 Å². The zero-order chi connectivity index (χ0) is 26.8. The second-order valence-electron chi connectivity index (χ2n) is 7.74. The van der Waals surface area contributed by atoms with E-state index >= 15 is 0 Å². The van der Waals surface area contributed by atoms with Crippen LogP contribution in [0.25, 0.3) is 0 Å². The van der Waals surface area contributed by atoms with Gasteiger partial charge in [-0.15, -0.1) is 6.58 Å². The summed E-state index contributed by atoms with van der Waals surface area (Å²) < 4.78 is 56.6. The standard InChI is InChI=1S/C9H19O2P.C6H11O2P.C3H7OP.C2H5OP.CH3OP/c1-8(5-6-11-12-10)7-9(2,3)4;1-2-3-4-5-6-8-9-7;1-2-3-5-4;1-2-4-3;1-3-2/h8H,5-7H2,1-4H3;2H,1,3-6H2;2-3H2,1H3;2H2,1H3;1H3. The van der Waals surface area contributed by atoms with Gasteiger partial charge in [0.25, 0.3) is 0 Å². The molecule has 33 heavy (non-hydrogen) atoms. The van der Waals surface area contributed by atoms with E-state index in [1.165, 1.54) is 6.42 Å². The predicted octanol–water partition coefficient (Wildman–Crippen LogP) is 10.1. The van der Waals surface area contributed by atoms with Crippen molar-refractivity contribution >= 4 is 42.8 Å². The lowest BCUT2D eigenvalue weighted by Gasteiger charge is -2.22. The van der Waals surface area contributed by atoms with Crippen molar-refractivity contribution < 1.29 is 31.9 Å². The van der Waals surface area contributed by atoms with Crippen LogP contribution in [0.5, 0.6) is 0 Å². The molecule has 0 fully saturated rings. The van der Waals surface area contributed by atoms with E-state index in [4.69, 9.17) is 9.09 Å². The van der Waals surface area contributed by atoms with Crippen LogP contribution in [0.3, 0.4) is 0 Å². The van der Waals surface area contributed by atoms with Crippen LogP contribution < -0.4 is 0 Å². The summed E-state index contributed by atoms with van der Waals surface area (Å²) in [6.45, 7) is 19.1. The molecule has 0 N–H and O–H groups in total. The average Bonchev–Trinajstić information content (AvgIpc) is 2.75. The van der Waals surface area contributed by atoms with Gasteiger partial charge in [-0.05, 0) is 49.9 Å². The number of hydrogen-bond acceptors (Lipinski definition) is 7. The molecule has 0 spiro atoms. The molecule has 0 aromatic heterocycles. The maximum atomic E-state index is 9.95. The molecule has 1 unspecified atom stereocenters. The number of allylic oxidation sites excluding steroid dienone is 1. The van der Waals surface area contributed by atoms with Crippen molar-refractivity contribution in [2.45, 2.75) is 80.1 Å². The van der Waals surface area contributed by atoms with Gasteiger partial charge in [-0.25, -0.2) is 9.13 Å². The van der Waals surface area contributed by atoms with E-state index < -0.39 is 0 Å². The Morgan fingerprint density at radius 1 is 0.909 bits per heavy atom. The van der Waals surface area contributed by atoms with Gasteiger partial charge < -0.3 is 0 Å². The van der Waals surface area contributed by atoms with Crippen LogP contribution in [0, 0.1) is 11.3 Å². The zero-order valence-corrected chi connectivity index (χ0v) is 26.0. The molecule has 0 aromatic rings. The molecule has 0 aliphatic carbocycles. The molecule has 7 nitrogen and oxygen atoms in total. The summed E-state index contributed by atoms with van der Waals surface area (Å²) in [7, 11) is 0.287. The Bertz CT molecular complexity index is 424. The quantitative estimate of drug-likeness (QED) is 0.117. The van der Waals surface area contributed by atoms with Crippen molar-refractivity contribution in [2.75, 3.05) is 32.2 Å². The molecule has 0 aliphatic rings. The predicted molar refractivity (Wildman–Crippen MR) is 143 cm³/mol. The second-order valence-corrected chi connectivity index (χ2v) is 10.5. The SMILES string of the molecule is C=CCCCCOP=O.CC(CCOP=O)CC(C)(C)C.CCCP=O.CCP=O.CP=O. The molecule has 0 saturated carbocycles. The Morgan fingerprint density at radius 3 is 1.70 bits per heavy atom. The molecule has 0 aliphatic heterocycles. The summed E-state index contributed by atoms with van der Waals surface area (Å²) in [6, 6.07) is 0. The Morgan fingerprint density at radius 2 is 1.39 bits per heavy atom. The molecule has 0 bridgehead atoms. The van der Waals surface area contributed by atoms with Gasteiger partial charge in [-0.2, -0.15) is 0 Å². The minimum atomic E-state index is -0.211. The van der Waals surface area contributed by atoms with Crippen LogP contribution in [0.1, 0.15) is 80.1 Å². The maximum Gasteiger partial charge on any atom is 0.327 e. The average molecular weight is 564 g/mol.